The number of nitrogens with one attached hydrogen (secondary N) is 2. The first-order valence-electron chi connectivity index (χ1n) is 9.76. The van der Waals surface area contributed by atoms with Crippen LogP contribution in [-0.4, -0.2) is 21.0 Å². The number of hydrogen-bond acceptors (Lipinski definition) is 5. The van der Waals surface area contributed by atoms with Crippen molar-refractivity contribution in [2.75, 3.05) is 10.6 Å². The molecule has 0 atom stereocenters. The minimum absolute atomic E-state index is 0.448. The fourth-order valence-corrected chi connectivity index (χ4v) is 4.06. The van der Waals surface area contributed by atoms with Crippen LogP contribution in [0.3, 0.4) is 0 Å². The van der Waals surface area contributed by atoms with Gasteiger partial charge in [-0.3, -0.25) is 4.98 Å². The van der Waals surface area contributed by atoms with Crippen molar-refractivity contribution in [2.45, 2.75) is 45.1 Å². The summed E-state index contributed by atoms with van der Waals surface area (Å²) >= 11 is 3.52. The van der Waals surface area contributed by atoms with E-state index in [4.69, 9.17) is 9.97 Å². The van der Waals surface area contributed by atoms with Gasteiger partial charge in [0, 0.05) is 40.2 Å². The molecule has 5 nitrogen and oxygen atoms in total. The van der Waals surface area contributed by atoms with Gasteiger partial charge in [-0.1, -0.05) is 35.2 Å². The molecule has 1 aromatic carbocycles. The van der Waals surface area contributed by atoms with Gasteiger partial charge >= 0.3 is 0 Å². The third kappa shape index (κ3) is 4.68. The van der Waals surface area contributed by atoms with E-state index < -0.39 is 0 Å². The number of nitrogens with zero attached hydrogens (tertiary/aromatic N) is 3. The average molecular weight is 438 g/mol. The van der Waals surface area contributed by atoms with Crippen LogP contribution in [0.2, 0.25) is 0 Å². The van der Waals surface area contributed by atoms with Crippen molar-refractivity contribution in [3.63, 3.8) is 0 Å². The molecule has 28 heavy (non-hydrogen) atoms. The Balaban J connectivity index is 1.66. The van der Waals surface area contributed by atoms with Crippen LogP contribution in [0, 0.1) is 6.92 Å². The molecule has 1 saturated carbocycles. The Bertz CT molecular complexity index is 939. The van der Waals surface area contributed by atoms with Gasteiger partial charge in [-0.25, -0.2) is 4.98 Å². The van der Waals surface area contributed by atoms with Gasteiger partial charge in [-0.2, -0.15) is 4.98 Å². The molecule has 0 radical (unpaired) electrons. The van der Waals surface area contributed by atoms with Gasteiger partial charge in [-0.05, 0) is 55.7 Å². The Morgan fingerprint density at radius 2 is 1.75 bits per heavy atom. The third-order valence-corrected chi connectivity index (χ3v) is 5.59. The summed E-state index contributed by atoms with van der Waals surface area (Å²) < 4.78 is 1.07. The second-order valence-electron chi connectivity index (χ2n) is 7.26. The molecule has 6 heteroatoms. The number of aromatic nitrogens is 3. The Morgan fingerprint density at radius 1 is 0.964 bits per heavy atom. The minimum atomic E-state index is 0.448. The van der Waals surface area contributed by atoms with Crippen LogP contribution in [0.15, 0.2) is 53.3 Å². The molecule has 2 aromatic heterocycles. The lowest BCUT2D eigenvalue weighted by molar-refractivity contribution is 0.461. The van der Waals surface area contributed by atoms with Crippen LogP contribution >= 0.6 is 15.9 Å². The minimum Gasteiger partial charge on any atom is -0.351 e. The van der Waals surface area contributed by atoms with Gasteiger partial charge in [0.2, 0.25) is 5.95 Å². The highest BCUT2D eigenvalue weighted by atomic mass is 79.9. The van der Waals surface area contributed by atoms with E-state index >= 15 is 0 Å². The maximum absolute atomic E-state index is 4.78. The molecule has 1 fully saturated rings. The molecule has 2 N–H and O–H groups in total. The molecule has 4 rings (SSSR count). The van der Waals surface area contributed by atoms with E-state index in [1.807, 2.05) is 24.3 Å². The van der Waals surface area contributed by atoms with E-state index in [1.165, 1.54) is 32.1 Å². The van der Waals surface area contributed by atoms with Crippen molar-refractivity contribution in [2.24, 2.45) is 0 Å². The molecule has 144 valence electrons. The van der Waals surface area contributed by atoms with Crippen LogP contribution in [0.4, 0.5) is 17.5 Å². The number of halogens is 1. The van der Waals surface area contributed by atoms with Crippen molar-refractivity contribution in [3.05, 3.63) is 58.8 Å². The summed E-state index contributed by atoms with van der Waals surface area (Å²) in [5, 5.41) is 7.02. The van der Waals surface area contributed by atoms with E-state index in [-0.39, 0.29) is 0 Å². The van der Waals surface area contributed by atoms with Crippen molar-refractivity contribution in [3.8, 4) is 11.3 Å². The largest absolute Gasteiger partial charge is 0.351 e. The van der Waals surface area contributed by atoms with Crippen molar-refractivity contribution in [1.82, 2.24) is 15.0 Å². The van der Waals surface area contributed by atoms with Crippen molar-refractivity contribution < 1.29 is 0 Å². The zero-order valence-corrected chi connectivity index (χ0v) is 17.5. The predicted molar refractivity (Wildman–Crippen MR) is 118 cm³/mol. The second kappa shape index (κ2) is 8.69. The molecule has 0 aliphatic heterocycles. The van der Waals surface area contributed by atoms with E-state index in [2.05, 4.69) is 50.6 Å². The standard InChI is InChI=1S/C22H24BrN5/c1-15-13-17(23)7-8-19(15)26-21-14-20(16-9-11-24-12-10-16)27-22(28-21)25-18-5-3-2-4-6-18/h7-14,18H,2-6H2,1H3,(H2,25,26,27,28). The number of aryl methyl sites for hydroxylation is 1. The average Bonchev–Trinajstić information content (AvgIpc) is 2.71. The van der Waals surface area contributed by atoms with Gasteiger partial charge in [0.1, 0.15) is 5.82 Å². The molecule has 1 aliphatic carbocycles. The van der Waals surface area contributed by atoms with E-state index in [0.717, 1.165) is 32.8 Å². The van der Waals surface area contributed by atoms with Gasteiger partial charge in [-0.15, -0.1) is 0 Å². The first-order chi connectivity index (χ1) is 13.7. The number of pyridine rings is 1. The molecule has 0 spiro atoms. The van der Waals surface area contributed by atoms with Gasteiger partial charge in [0.25, 0.3) is 0 Å². The van der Waals surface area contributed by atoms with Crippen LogP contribution in [0.1, 0.15) is 37.7 Å². The maximum atomic E-state index is 4.78. The lowest BCUT2D eigenvalue weighted by Crippen LogP contribution is -2.23. The highest BCUT2D eigenvalue weighted by Crippen LogP contribution is 2.27. The Labute approximate surface area is 174 Å². The van der Waals surface area contributed by atoms with Crippen LogP contribution in [-0.2, 0) is 0 Å². The molecular formula is C22H24BrN5. The fraction of sp³-hybridized carbons (Fsp3) is 0.318. The summed E-state index contributed by atoms with van der Waals surface area (Å²) in [5.74, 6) is 1.46. The van der Waals surface area contributed by atoms with Gasteiger partial charge < -0.3 is 10.6 Å². The Kier molecular flexibility index (Phi) is 5.86. The third-order valence-electron chi connectivity index (χ3n) is 5.09. The van der Waals surface area contributed by atoms with Gasteiger partial charge in [0.15, 0.2) is 0 Å². The highest BCUT2D eigenvalue weighted by molar-refractivity contribution is 9.10. The SMILES string of the molecule is Cc1cc(Br)ccc1Nc1cc(-c2ccncc2)nc(NC2CCCCC2)n1. The normalized spacial score (nSPS) is 14.6. The quantitative estimate of drug-likeness (QED) is 0.504. The summed E-state index contributed by atoms with van der Waals surface area (Å²) in [4.78, 5) is 13.6. The molecule has 2 heterocycles. The van der Waals surface area contributed by atoms with Crippen molar-refractivity contribution >= 4 is 33.4 Å². The predicted octanol–water partition coefficient (Wildman–Crippen LogP) is 6.10. The zero-order valence-electron chi connectivity index (χ0n) is 16.0. The Hall–Kier alpha value is -2.47. The zero-order chi connectivity index (χ0) is 19.3. The summed E-state index contributed by atoms with van der Waals surface area (Å²) in [6, 6.07) is 12.6. The van der Waals surface area contributed by atoms with Crippen LogP contribution in [0.25, 0.3) is 11.3 Å². The summed E-state index contributed by atoms with van der Waals surface area (Å²) in [6.07, 6.45) is 9.80. The molecule has 0 amide bonds. The van der Waals surface area contributed by atoms with Crippen LogP contribution < -0.4 is 10.6 Å². The number of rotatable bonds is 5. The molecule has 3 aromatic rings. The molecule has 1 aliphatic rings. The van der Waals surface area contributed by atoms with Crippen molar-refractivity contribution in [1.29, 1.82) is 0 Å². The first kappa shape index (κ1) is 18.9. The smallest absolute Gasteiger partial charge is 0.225 e. The van der Waals surface area contributed by atoms with E-state index in [0.29, 0.717) is 12.0 Å². The summed E-state index contributed by atoms with van der Waals surface area (Å²) in [5.41, 5.74) is 4.10. The molecule has 0 saturated heterocycles. The topological polar surface area (TPSA) is 62.7 Å². The first-order valence-corrected chi connectivity index (χ1v) is 10.6. The van der Waals surface area contributed by atoms with Crippen LogP contribution in [0.5, 0.6) is 0 Å². The number of hydrogen-bond donors (Lipinski definition) is 2. The number of anilines is 3. The second-order valence-corrected chi connectivity index (χ2v) is 8.18. The molecule has 0 bridgehead atoms. The fourth-order valence-electron chi connectivity index (χ4n) is 3.58. The Morgan fingerprint density at radius 3 is 2.50 bits per heavy atom. The number of benzene rings is 1. The lowest BCUT2D eigenvalue weighted by Gasteiger charge is -2.23. The van der Waals surface area contributed by atoms with Gasteiger partial charge in [0.05, 0.1) is 5.69 Å². The van der Waals surface area contributed by atoms with E-state index in [1.54, 1.807) is 12.4 Å². The highest BCUT2D eigenvalue weighted by Gasteiger charge is 2.16. The molecular weight excluding hydrogens is 414 g/mol. The summed E-state index contributed by atoms with van der Waals surface area (Å²) in [6.45, 7) is 2.08. The monoisotopic (exact) mass is 437 g/mol. The summed E-state index contributed by atoms with van der Waals surface area (Å²) in [7, 11) is 0. The lowest BCUT2D eigenvalue weighted by atomic mass is 9.96. The maximum Gasteiger partial charge on any atom is 0.225 e. The molecule has 0 unspecified atom stereocenters. The van der Waals surface area contributed by atoms with E-state index in [9.17, 15) is 0 Å².